The van der Waals surface area contributed by atoms with E-state index in [1.165, 1.54) is 0 Å². The molecule has 4 heteroatoms. The first-order valence-electron chi connectivity index (χ1n) is 6.62. The van der Waals surface area contributed by atoms with Gasteiger partial charge in [0, 0.05) is 25.7 Å². The van der Waals surface area contributed by atoms with Crippen molar-refractivity contribution in [2.24, 2.45) is 5.73 Å². The van der Waals surface area contributed by atoms with Gasteiger partial charge in [-0.1, -0.05) is 0 Å². The number of piperidine rings is 2. The summed E-state index contributed by atoms with van der Waals surface area (Å²) in [6, 6.07) is 0.424. The molecule has 0 radical (unpaired) electrons. The second-order valence-corrected chi connectivity index (χ2v) is 5.28. The van der Waals surface area contributed by atoms with Gasteiger partial charge in [-0.25, -0.2) is 0 Å². The van der Waals surface area contributed by atoms with Crippen molar-refractivity contribution in [1.29, 1.82) is 0 Å². The van der Waals surface area contributed by atoms with E-state index in [1.54, 1.807) is 0 Å². The first-order valence-corrected chi connectivity index (χ1v) is 6.62. The highest BCUT2D eigenvalue weighted by Gasteiger charge is 2.20. The van der Waals surface area contributed by atoms with Crippen LogP contribution in [0.4, 0.5) is 0 Å². The summed E-state index contributed by atoms with van der Waals surface area (Å²) in [5, 5.41) is 9.58. The van der Waals surface area contributed by atoms with Gasteiger partial charge in [0.15, 0.2) is 0 Å². The van der Waals surface area contributed by atoms with Crippen LogP contribution >= 0.6 is 0 Å². The molecule has 0 aromatic carbocycles. The molecule has 2 fully saturated rings. The highest BCUT2D eigenvalue weighted by atomic mass is 16.3. The lowest BCUT2D eigenvalue weighted by Gasteiger charge is -2.34. The van der Waals surface area contributed by atoms with Crippen LogP contribution < -0.4 is 5.73 Å². The number of β-amino-alcohol motifs (C(OH)–C–C–N with tert-alkyl or cyclic N) is 1. The molecule has 0 aromatic rings. The fraction of sp³-hybridized carbons (Fsp3) is 1.00. The fourth-order valence-corrected chi connectivity index (χ4v) is 2.69. The van der Waals surface area contributed by atoms with Gasteiger partial charge < -0.3 is 15.7 Å². The number of hydrogen-bond acceptors (Lipinski definition) is 4. The molecule has 2 heterocycles. The minimum Gasteiger partial charge on any atom is -0.392 e. The molecule has 2 rings (SSSR count). The molecule has 0 saturated carbocycles. The number of aliphatic hydroxyl groups is 1. The lowest BCUT2D eigenvalue weighted by atomic mass is 10.1. The van der Waals surface area contributed by atoms with Crippen LogP contribution in [0.3, 0.4) is 0 Å². The Kier molecular flexibility index (Phi) is 4.58. The lowest BCUT2D eigenvalue weighted by Crippen LogP contribution is -2.45. The monoisotopic (exact) mass is 227 g/mol. The molecular formula is C12H25N3O. The predicted molar refractivity (Wildman–Crippen MR) is 65.3 cm³/mol. The van der Waals surface area contributed by atoms with Crippen LogP contribution in [-0.2, 0) is 0 Å². The van der Waals surface area contributed by atoms with Gasteiger partial charge in [-0.05, 0) is 45.3 Å². The molecule has 0 unspecified atom stereocenters. The Hall–Kier alpha value is -0.160. The molecule has 0 spiro atoms. The van der Waals surface area contributed by atoms with Crippen LogP contribution in [0.2, 0.25) is 0 Å². The van der Waals surface area contributed by atoms with E-state index in [0.29, 0.717) is 6.04 Å². The average Bonchev–Trinajstić information content (AvgIpc) is 2.28. The molecule has 2 aliphatic rings. The van der Waals surface area contributed by atoms with Gasteiger partial charge in [0.25, 0.3) is 0 Å². The van der Waals surface area contributed by atoms with E-state index in [2.05, 4.69) is 9.80 Å². The highest BCUT2D eigenvalue weighted by molar-refractivity contribution is 4.77. The van der Waals surface area contributed by atoms with Crippen molar-refractivity contribution >= 4 is 0 Å². The molecule has 4 nitrogen and oxygen atoms in total. The zero-order chi connectivity index (χ0) is 11.4. The Morgan fingerprint density at radius 1 is 1.00 bits per heavy atom. The molecule has 0 amide bonds. The summed E-state index contributed by atoms with van der Waals surface area (Å²) in [6.07, 6.45) is 4.32. The maximum Gasteiger partial charge on any atom is 0.0667 e. The van der Waals surface area contributed by atoms with Crippen LogP contribution in [0, 0.1) is 0 Å². The number of aliphatic hydroxyl groups excluding tert-OH is 1. The van der Waals surface area contributed by atoms with Gasteiger partial charge in [-0.2, -0.15) is 0 Å². The van der Waals surface area contributed by atoms with Crippen molar-refractivity contribution in [2.45, 2.75) is 37.8 Å². The molecule has 2 saturated heterocycles. The third kappa shape index (κ3) is 3.70. The molecule has 3 N–H and O–H groups in total. The SMILES string of the molecule is NC1CCN(CCN2CCC[C@H](O)C2)CC1. The quantitative estimate of drug-likeness (QED) is 0.705. The van der Waals surface area contributed by atoms with Crippen molar-refractivity contribution in [3.05, 3.63) is 0 Å². The van der Waals surface area contributed by atoms with E-state index in [9.17, 15) is 5.11 Å². The third-order valence-corrected chi connectivity index (χ3v) is 3.85. The van der Waals surface area contributed by atoms with Gasteiger partial charge in [-0.15, -0.1) is 0 Å². The van der Waals surface area contributed by atoms with E-state index >= 15 is 0 Å². The number of nitrogens with zero attached hydrogens (tertiary/aromatic N) is 2. The third-order valence-electron chi connectivity index (χ3n) is 3.85. The van der Waals surface area contributed by atoms with E-state index in [1.807, 2.05) is 0 Å². The smallest absolute Gasteiger partial charge is 0.0667 e. The Balaban J connectivity index is 1.63. The highest BCUT2D eigenvalue weighted by Crippen LogP contribution is 2.11. The summed E-state index contributed by atoms with van der Waals surface area (Å²) in [5.74, 6) is 0. The zero-order valence-corrected chi connectivity index (χ0v) is 10.1. The van der Waals surface area contributed by atoms with Crippen molar-refractivity contribution in [1.82, 2.24) is 9.80 Å². The van der Waals surface area contributed by atoms with Crippen LogP contribution in [-0.4, -0.2) is 66.3 Å². The van der Waals surface area contributed by atoms with Crippen LogP contribution in [0.1, 0.15) is 25.7 Å². The number of rotatable bonds is 3. The second kappa shape index (κ2) is 5.96. The molecule has 0 bridgehead atoms. The Morgan fingerprint density at radius 3 is 2.38 bits per heavy atom. The van der Waals surface area contributed by atoms with Crippen LogP contribution in [0.15, 0.2) is 0 Å². The lowest BCUT2D eigenvalue weighted by molar-refractivity contribution is 0.0625. The molecule has 0 aliphatic carbocycles. The Labute approximate surface area is 98.4 Å². The van der Waals surface area contributed by atoms with Crippen molar-refractivity contribution in [2.75, 3.05) is 39.3 Å². The molecule has 94 valence electrons. The van der Waals surface area contributed by atoms with E-state index in [-0.39, 0.29) is 6.10 Å². The van der Waals surface area contributed by atoms with Gasteiger partial charge in [0.2, 0.25) is 0 Å². The molecule has 2 aliphatic heterocycles. The summed E-state index contributed by atoms with van der Waals surface area (Å²) < 4.78 is 0. The van der Waals surface area contributed by atoms with Gasteiger partial charge >= 0.3 is 0 Å². The fourth-order valence-electron chi connectivity index (χ4n) is 2.69. The van der Waals surface area contributed by atoms with Gasteiger partial charge in [0.05, 0.1) is 6.10 Å². The Bertz CT molecular complexity index is 204. The van der Waals surface area contributed by atoms with Gasteiger partial charge in [-0.3, -0.25) is 4.90 Å². The topological polar surface area (TPSA) is 52.7 Å². The van der Waals surface area contributed by atoms with Crippen molar-refractivity contribution < 1.29 is 5.11 Å². The maximum absolute atomic E-state index is 9.58. The largest absolute Gasteiger partial charge is 0.392 e. The maximum atomic E-state index is 9.58. The predicted octanol–water partition coefficient (Wildman–Crippen LogP) is -0.134. The summed E-state index contributed by atoms with van der Waals surface area (Å²) in [5.41, 5.74) is 5.88. The van der Waals surface area contributed by atoms with Gasteiger partial charge in [0.1, 0.15) is 0 Å². The minimum absolute atomic E-state index is 0.0940. The summed E-state index contributed by atoms with van der Waals surface area (Å²) in [7, 11) is 0. The van der Waals surface area contributed by atoms with E-state index in [0.717, 1.165) is 65.0 Å². The summed E-state index contributed by atoms with van der Waals surface area (Å²) in [6.45, 7) is 6.57. The summed E-state index contributed by atoms with van der Waals surface area (Å²) >= 11 is 0. The van der Waals surface area contributed by atoms with Crippen LogP contribution in [0.5, 0.6) is 0 Å². The first-order chi connectivity index (χ1) is 7.74. The average molecular weight is 227 g/mol. The zero-order valence-electron chi connectivity index (χ0n) is 10.1. The summed E-state index contributed by atoms with van der Waals surface area (Å²) in [4.78, 5) is 4.90. The second-order valence-electron chi connectivity index (χ2n) is 5.28. The number of likely N-dealkylation sites (tertiary alicyclic amines) is 2. The molecular weight excluding hydrogens is 202 g/mol. The van der Waals surface area contributed by atoms with Crippen LogP contribution in [0.25, 0.3) is 0 Å². The molecule has 0 aromatic heterocycles. The Morgan fingerprint density at radius 2 is 1.69 bits per heavy atom. The van der Waals surface area contributed by atoms with Crippen molar-refractivity contribution in [3.8, 4) is 0 Å². The van der Waals surface area contributed by atoms with E-state index < -0.39 is 0 Å². The minimum atomic E-state index is -0.0940. The van der Waals surface area contributed by atoms with E-state index in [4.69, 9.17) is 5.73 Å². The molecule has 16 heavy (non-hydrogen) atoms. The first kappa shape index (κ1) is 12.3. The standard InChI is InChI=1S/C12H25N3O/c13-11-3-6-14(7-4-11)8-9-15-5-1-2-12(16)10-15/h11-12,16H,1-10,13H2/t12-/m0/s1. The molecule has 1 atom stereocenters. The van der Waals surface area contributed by atoms with Crippen molar-refractivity contribution in [3.63, 3.8) is 0 Å². The number of nitrogens with two attached hydrogens (primary N) is 1. The normalized spacial score (nSPS) is 30.8. The number of hydrogen-bond donors (Lipinski definition) is 2.